The van der Waals surface area contributed by atoms with Gasteiger partial charge in [0.1, 0.15) is 6.54 Å². The fourth-order valence-corrected chi connectivity index (χ4v) is 4.15. The third kappa shape index (κ3) is 6.06. The highest BCUT2D eigenvalue weighted by molar-refractivity contribution is 7.12. The number of carbonyl (C=O) groups excluding carboxylic acids is 2. The van der Waals surface area contributed by atoms with Crippen molar-refractivity contribution in [1.82, 2.24) is 15.2 Å². The van der Waals surface area contributed by atoms with Gasteiger partial charge in [-0.25, -0.2) is 9.80 Å². The Morgan fingerprint density at radius 1 is 1.32 bits per heavy atom. The minimum atomic E-state index is -0.301. The van der Waals surface area contributed by atoms with Crippen molar-refractivity contribution in [2.24, 2.45) is 5.10 Å². The van der Waals surface area contributed by atoms with Gasteiger partial charge in [0.15, 0.2) is 0 Å². The van der Waals surface area contributed by atoms with Gasteiger partial charge in [-0.3, -0.25) is 4.79 Å². The van der Waals surface area contributed by atoms with Crippen molar-refractivity contribution in [2.45, 2.75) is 32.4 Å². The van der Waals surface area contributed by atoms with Crippen LogP contribution >= 0.6 is 22.9 Å². The molecule has 9 heteroatoms. The van der Waals surface area contributed by atoms with Crippen LogP contribution in [-0.4, -0.2) is 60.4 Å². The summed E-state index contributed by atoms with van der Waals surface area (Å²) in [5.74, 6) is -0.249. The molecule has 2 aromatic rings. The van der Waals surface area contributed by atoms with Crippen LogP contribution in [0, 0.1) is 0 Å². The molecule has 0 bridgehead atoms. The van der Waals surface area contributed by atoms with Gasteiger partial charge in [-0.05, 0) is 43.0 Å². The molecule has 31 heavy (non-hydrogen) atoms. The summed E-state index contributed by atoms with van der Waals surface area (Å²) in [6.45, 7) is 4.31. The predicted octanol–water partition coefficient (Wildman–Crippen LogP) is 4.15. The Balaban J connectivity index is 1.84. The monoisotopic (exact) mass is 462 g/mol. The zero-order valence-corrected chi connectivity index (χ0v) is 19.4. The van der Waals surface area contributed by atoms with E-state index in [9.17, 15) is 9.59 Å². The molecular weight excluding hydrogens is 436 g/mol. The number of thiophene rings is 1. The Labute approximate surface area is 191 Å². The van der Waals surface area contributed by atoms with Crippen LogP contribution in [0.3, 0.4) is 0 Å². The van der Waals surface area contributed by atoms with Gasteiger partial charge in [-0.1, -0.05) is 29.8 Å². The van der Waals surface area contributed by atoms with Gasteiger partial charge in [0.05, 0.1) is 23.2 Å². The second kappa shape index (κ2) is 10.7. The lowest BCUT2D eigenvalue weighted by Crippen LogP contribution is -2.48. The quantitative estimate of drug-likeness (QED) is 0.640. The average molecular weight is 463 g/mol. The Hall–Kier alpha value is -2.42. The number of methoxy groups -OCH3 is 1. The first-order valence-electron chi connectivity index (χ1n) is 10.1. The first-order chi connectivity index (χ1) is 14.9. The largest absolute Gasteiger partial charge is 0.383 e. The number of nitrogens with one attached hydrogen (secondary N) is 1. The topological polar surface area (TPSA) is 74.2 Å². The normalized spacial score (nSPS) is 15.8. The number of hydrogen-bond acceptors (Lipinski definition) is 5. The summed E-state index contributed by atoms with van der Waals surface area (Å²) in [6, 6.07) is 10.8. The van der Waals surface area contributed by atoms with Crippen LogP contribution in [0.25, 0.3) is 0 Å². The van der Waals surface area contributed by atoms with E-state index >= 15 is 0 Å². The van der Waals surface area contributed by atoms with E-state index in [1.165, 1.54) is 9.91 Å². The molecule has 1 aromatic carbocycles. The molecule has 0 saturated heterocycles. The van der Waals surface area contributed by atoms with Crippen LogP contribution < -0.4 is 5.32 Å². The summed E-state index contributed by atoms with van der Waals surface area (Å²) in [7, 11) is 1.56. The van der Waals surface area contributed by atoms with Gasteiger partial charge in [0.25, 0.3) is 5.91 Å². The van der Waals surface area contributed by atoms with Crippen LogP contribution in [0.2, 0.25) is 5.02 Å². The third-order valence-corrected chi connectivity index (χ3v) is 5.99. The van der Waals surface area contributed by atoms with Crippen LogP contribution in [0.1, 0.15) is 36.8 Å². The zero-order valence-electron chi connectivity index (χ0n) is 17.9. The number of ether oxygens (including phenoxy) is 1. The molecule has 0 spiro atoms. The minimum Gasteiger partial charge on any atom is -0.383 e. The number of nitrogens with zero attached hydrogens (tertiary/aromatic N) is 3. The molecule has 0 fully saturated rings. The van der Waals surface area contributed by atoms with E-state index in [1.54, 1.807) is 18.4 Å². The molecule has 1 unspecified atom stereocenters. The summed E-state index contributed by atoms with van der Waals surface area (Å²) < 4.78 is 5.12. The fraction of sp³-hybridized carbons (Fsp3) is 0.409. The highest BCUT2D eigenvalue weighted by Gasteiger charge is 2.34. The lowest BCUT2D eigenvalue weighted by Gasteiger charge is -2.27. The van der Waals surface area contributed by atoms with Crippen LogP contribution in [0.4, 0.5) is 4.79 Å². The van der Waals surface area contributed by atoms with E-state index in [0.29, 0.717) is 24.6 Å². The summed E-state index contributed by atoms with van der Waals surface area (Å²) in [6.07, 6.45) is 0.601. The van der Waals surface area contributed by atoms with E-state index in [-0.39, 0.29) is 30.6 Å². The lowest BCUT2D eigenvalue weighted by molar-refractivity contribution is -0.133. The first kappa shape index (κ1) is 23.2. The number of hydrazone groups is 1. The van der Waals surface area contributed by atoms with Crippen molar-refractivity contribution in [1.29, 1.82) is 0 Å². The van der Waals surface area contributed by atoms with Crippen LogP contribution in [0.15, 0.2) is 46.9 Å². The van der Waals surface area contributed by atoms with Gasteiger partial charge < -0.3 is 15.0 Å². The molecule has 2 heterocycles. The minimum absolute atomic E-state index is 0.0373. The highest BCUT2D eigenvalue weighted by atomic mass is 35.5. The maximum absolute atomic E-state index is 13.3. The maximum Gasteiger partial charge on any atom is 0.318 e. The van der Waals surface area contributed by atoms with Gasteiger partial charge in [-0.15, -0.1) is 11.3 Å². The molecule has 1 aliphatic rings. The van der Waals surface area contributed by atoms with E-state index in [2.05, 4.69) is 10.4 Å². The van der Waals surface area contributed by atoms with Gasteiger partial charge in [-0.2, -0.15) is 5.10 Å². The maximum atomic E-state index is 13.3. The van der Waals surface area contributed by atoms with Gasteiger partial charge in [0.2, 0.25) is 0 Å². The molecule has 166 valence electrons. The SMILES string of the molecule is COCCN(CC(=O)N1N=C(c2cccs2)CC1c1ccc(Cl)cc1)C(=O)NC(C)C. The van der Waals surface area contributed by atoms with E-state index in [4.69, 9.17) is 16.3 Å². The van der Waals surface area contributed by atoms with Gasteiger partial charge in [0, 0.05) is 31.1 Å². The van der Waals surface area contributed by atoms with Crippen LogP contribution in [-0.2, 0) is 9.53 Å². The molecule has 0 aliphatic carbocycles. The summed E-state index contributed by atoms with van der Waals surface area (Å²) in [5, 5.41) is 11.6. The predicted molar refractivity (Wildman–Crippen MR) is 124 cm³/mol. The van der Waals surface area contributed by atoms with E-state index in [1.807, 2.05) is 55.6 Å². The number of halogens is 1. The van der Waals surface area contributed by atoms with E-state index in [0.717, 1.165) is 16.2 Å². The third-order valence-electron chi connectivity index (χ3n) is 4.82. The summed E-state index contributed by atoms with van der Waals surface area (Å²) in [4.78, 5) is 28.4. The number of rotatable bonds is 8. The van der Waals surface area contributed by atoms with Crippen molar-refractivity contribution < 1.29 is 14.3 Å². The molecule has 7 nitrogen and oxygen atoms in total. The number of carbonyl (C=O) groups is 2. The number of amides is 3. The molecule has 0 radical (unpaired) electrons. The molecule has 1 atom stereocenters. The van der Waals surface area contributed by atoms with Crippen molar-refractivity contribution in [2.75, 3.05) is 26.8 Å². The Morgan fingerprint density at radius 3 is 2.68 bits per heavy atom. The van der Waals surface area contributed by atoms with Crippen molar-refractivity contribution in [3.63, 3.8) is 0 Å². The Morgan fingerprint density at radius 2 is 2.06 bits per heavy atom. The molecule has 1 N–H and O–H groups in total. The summed E-state index contributed by atoms with van der Waals surface area (Å²) in [5.41, 5.74) is 1.81. The number of urea groups is 1. The fourth-order valence-electron chi connectivity index (χ4n) is 3.30. The summed E-state index contributed by atoms with van der Waals surface area (Å²) >= 11 is 7.64. The second-order valence-corrected chi connectivity index (χ2v) is 8.94. The van der Waals surface area contributed by atoms with Gasteiger partial charge >= 0.3 is 6.03 Å². The Bertz CT molecular complexity index is 915. The molecular formula is C22H27ClN4O3S. The Kier molecular flexibility index (Phi) is 8.06. The second-order valence-electron chi connectivity index (χ2n) is 7.55. The smallest absolute Gasteiger partial charge is 0.318 e. The highest BCUT2D eigenvalue weighted by Crippen LogP contribution is 2.34. The lowest BCUT2D eigenvalue weighted by atomic mass is 10.0. The molecule has 0 saturated carbocycles. The van der Waals surface area contributed by atoms with Crippen molar-refractivity contribution in [3.8, 4) is 0 Å². The number of hydrogen-bond donors (Lipinski definition) is 1. The molecule has 1 aliphatic heterocycles. The van der Waals surface area contributed by atoms with E-state index < -0.39 is 0 Å². The number of benzene rings is 1. The molecule has 3 amide bonds. The molecule has 1 aromatic heterocycles. The zero-order chi connectivity index (χ0) is 22.4. The first-order valence-corrected chi connectivity index (χ1v) is 11.4. The van der Waals surface area contributed by atoms with Crippen molar-refractivity contribution >= 4 is 40.6 Å². The van der Waals surface area contributed by atoms with Crippen molar-refractivity contribution in [3.05, 3.63) is 57.2 Å². The average Bonchev–Trinajstić information content (AvgIpc) is 3.40. The standard InChI is InChI=1S/C22H27ClN4O3S/c1-15(2)24-22(29)26(10-11-30-3)14-21(28)27-19(16-6-8-17(23)9-7-16)13-18(25-27)20-5-4-12-31-20/h4-9,12,15,19H,10-11,13-14H2,1-3H3,(H,24,29). The van der Waals surface area contributed by atoms with Crippen LogP contribution in [0.5, 0.6) is 0 Å². The molecule has 3 rings (SSSR count).